The second kappa shape index (κ2) is 6.41. The number of carbonyl (C=O) groups excluding carboxylic acids is 1. The largest absolute Gasteiger partial charge is 0.461 e. The van der Waals surface area contributed by atoms with Crippen molar-refractivity contribution in [3.05, 3.63) is 34.8 Å². The number of nitrogen functional groups attached to an aromatic ring is 1. The number of nitrogens with zero attached hydrogens (tertiary/aromatic N) is 5. The van der Waals surface area contributed by atoms with Gasteiger partial charge < -0.3 is 10.5 Å². The number of nitrogens with two attached hydrogens (primary N) is 1. The molecule has 4 rings (SSSR count). The van der Waals surface area contributed by atoms with Gasteiger partial charge in [-0.05, 0) is 24.4 Å². The van der Waals surface area contributed by atoms with Gasteiger partial charge in [0, 0.05) is 0 Å². The summed E-state index contributed by atoms with van der Waals surface area (Å²) >= 11 is 1.25. The fraction of sp³-hybridized carbons (Fsp3) is 0.188. The third kappa shape index (κ3) is 2.81. The lowest BCUT2D eigenvalue weighted by atomic mass is 10.1. The number of carbonyl (C=O) groups is 1. The average Bonchev–Trinajstić information content (AvgIpc) is 3.28. The van der Waals surface area contributed by atoms with Crippen LogP contribution in [-0.4, -0.2) is 37.4 Å². The molecule has 0 aliphatic carbocycles. The lowest BCUT2D eigenvalue weighted by Gasteiger charge is -2.09. The van der Waals surface area contributed by atoms with Gasteiger partial charge in [-0.15, -0.1) is 26.6 Å². The fourth-order valence-corrected chi connectivity index (χ4v) is 3.39. The maximum atomic E-state index is 13.7. The highest BCUT2D eigenvalue weighted by Crippen LogP contribution is 2.39. The lowest BCUT2D eigenvalue weighted by Crippen LogP contribution is -2.15. The molecule has 0 aromatic carbocycles. The molecule has 4 heterocycles. The SMILES string of the molecule is CCOC(=O)c1nnc2c3c(C(F)(F)F)cc(-c4cccs4)nc3nn2c1N. The Morgan fingerprint density at radius 3 is 2.79 bits per heavy atom. The second-order valence-electron chi connectivity index (χ2n) is 5.62. The van der Waals surface area contributed by atoms with Crippen molar-refractivity contribution in [3.8, 4) is 10.6 Å². The van der Waals surface area contributed by atoms with E-state index >= 15 is 0 Å². The molecule has 0 saturated heterocycles. The van der Waals surface area contributed by atoms with E-state index in [0.29, 0.717) is 4.88 Å². The van der Waals surface area contributed by atoms with Crippen LogP contribution in [0, 0.1) is 0 Å². The Balaban J connectivity index is 2.04. The summed E-state index contributed by atoms with van der Waals surface area (Å²) in [4.78, 5) is 16.7. The highest BCUT2D eigenvalue weighted by molar-refractivity contribution is 7.13. The van der Waals surface area contributed by atoms with Gasteiger partial charge in [0.05, 0.1) is 28.1 Å². The Morgan fingerprint density at radius 2 is 2.14 bits per heavy atom. The fourth-order valence-electron chi connectivity index (χ4n) is 2.70. The number of thiophene rings is 1. The molecule has 0 saturated carbocycles. The minimum Gasteiger partial charge on any atom is -0.461 e. The van der Waals surface area contributed by atoms with Gasteiger partial charge in [0.1, 0.15) is 0 Å². The number of halogens is 3. The minimum atomic E-state index is -4.69. The minimum absolute atomic E-state index is 0.0724. The molecule has 0 aliphatic heterocycles. The van der Waals surface area contributed by atoms with Gasteiger partial charge in [-0.2, -0.15) is 17.7 Å². The number of hydrogen-bond acceptors (Lipinski definition) is 8. The highest BCUT2D eigenvalue weighted by Gasteiger charge is 2.36. The van der Waals surface area contributed by atoms with Crippen LogP contribution in [0.15, 0.2) is 23.6 Å². The standard InChI is InChI=1S/C16H11F3N6O2S/c1-2-27-15(26)11-12(20)25-14(23-22-11)10-7(16(17,18)19)6-8(21-13(10)24-25)9-4-3-5-28-9/h3-6H,2,20H2,1H3. The Labute approximate surface area is 158 Å². The summed E-state index contributed by atoms with van der Waals surface area (Å²) < 4.78 is 47.0. The molecular weight excluding hydrogens is 397 g/mol. The first-order valence-corrected chi connectivity index (χ1v) is 8.83. The first-order valence-electron chi connectivity index (χ1n) is 7.95. The molecule has 0 aliphatic rings. The number of fused-ring (bicyclic) bond motifs is 3. The van der Waals surface area contributed by atoms with Gasteiger partial charge in [0.2, 0.25) is 5.69 Å². The summed E-state index contributed by atoms with van der Waals surface area (Å²) in [5.41, 5.74) is 4.25. The maximum Gasteiger partial charge on any atom is 0.417 e. The van der Waals surface area contributed by atoms with Gasteiger partial charge in [0.25, 0.3) is 0 Å². The van der Waals surface area contributed by atoms with Crippen molar-refractivity contribution < 1.29 is 22.7 Å². The van der Waals surface area contributed by atoms with E-state index < -0.39 is 17.7 Å². The highest BCUT2D eigenvalue weighted by atomic mass is 32.1. The van der Waals surface area contributed by atoms with Crippen molar-refractivity contribution in [2.24, 2.45) is 0 Å². The van der Waals surface area contributed by atoms with Crippen molar-refractivity contribution in [1.29, 1.82) is 0 Å². The van der Waals surface area contributed by atoms with Crippen LogP contribution in [0.5, 0.6) is 0 Å². The number of rotatable bonds is 3. The zero-order valence-corrected chi connectivity index (χ0v) is 15.0. The van der Waals surface area contributed by atoms with E-state index in [9.17, 15) is 18.0 Å². The van der Waals surface area contributed by atoms with Crippen molar-refractivity contribution >= 4 is 39.8 Å². The molecule has 0 radical (unpaired) electrons. The van der Waals surface area contributed by atoms with Crippen molar-refractivity contribution in [2.45, 2.75) is 13.1 Å². The molecular formula is C16H11F3N6O2S. The van der Waals surface area contributed by atoms with Gasteiger partial charge in [-0.25, -0.2) is 9.78 Å². The molecule has 28 heavy (non-hydrogen) atoms. The molecule has 0 spiro atoms. The molecule has 0 atom stereocenters. The van der Waals surface area contributed by atoms with Crippen LogP contribution >= 0.6 is 11.3 Å². The number of pyridine rings is 1. The van der Waals surface area contributed by atoms with Gasteiger partial charge >= 0.3 is 12.1 Å². The number of alkyl halides is 3. The maximum absolute atomic E-state index is 13.7. The van der Waals surface area contributed by atoms with E-state index in [-0.39, 0.29) is 40.5 Å². The van der Waals surface area contributed by atoms with E-state index in [1.165, 1.54) is 11.3 Å². The van der Waals surface area contributed by atoms with Crippen LogP contribution in [0.3, 0.4) is 0 Å². The number of hydrogen-bond donors (Lipinski definition) is 1. The third-order valence-corrected chi connectivity index (χ3v) is 4.78. The number of esters is 1. The molecule has 12 heteroatoms. The van der Waals surface area contributed by atoms with Crippen LogP contribution < -0.4 is 5.73 Å². The van der Waals surface area contributed by atoms with E-state index in [1.54, 1.807) is 24.4 Å². The molecule has 0 bridgehead atoms. The normalized spacial score (nSPS) is 12.0. The quantitative estimate of drug-likeness (QED) is 0.519. The Hall–Kier alpha value is -3.28. The topological polar surface area (TPSA) is 108 Å². The smallest absolute Gasteiger partial charge is 0.417 e. The zero-order chi connectivity index (χ0) is 20.1. The number of anilines is 1. The summed E-state index contributed by atoms with van der Waals surface area (Å²) in [6, 6.07) is 4.30. The average molecular weight is 408 g/mol. The molecule has 8 nitrogen and oxygen atoms in total. The van der Waals surface area contributed by atoms with Crippen LogP contribution in [0.4, 0.5) is 19.0 Å². The molecule has 4 aromatic rings. The summed E-state index contributed by atoms with van der Waals surface area (Å²) in [7, 11) is 0. The first kappa shape index (κ1) is 18.1. The Kier molecular flexibility index (Phi) is 4.14. The molecule has 2 N–H and O–H groups in total. The molecule has 0 fully saturated rings. The summed E-state index contributed by atoms with van der Waals surface area (Å²) in [6.07, 6.45) is -4.69. The summed E-state index contributed by atoms with van der Waals surface area (Å²) in [5, 5.41) is 12.8. The second-order valence-corrected chi connectivity index (χ2v) is 6.57. The van der Waals surface area contributed by atoms with E-state index in [0.717, 1.165) is 10.6 Å². The lowest BCUT2D eigenvalue weighted by molar-refractivity contribution is -0.136. The predicted molar refractivity (Wildman–Crippen MR) is 94.8 cm³/mol. The summed E-state index contributed by atoms with van der Waals surface area (Å²) in [6.45, 7) is 1.66. The zero-order valence-electron chi connectivity index (χ0n) is 14.2. The Morgan fingerprint density at radius 1 is 1.36 bits per heavy atom. The van der Waals surface area contributed by atoms with Gasteiger partial charge in [-0.1, -0.05) is 6.07 Å². The van der Waals surface area contributed by atoms with Gasteiger partial charge in [-0.3, -0.25) is 0 Å². The van der Waals surface area contributed by atoms with E-state index in [1.807, 2.05) is 0 Å². The van der Waals surface area contributed by atoms with Crippen molar-refractivity contribution in [1.82, 2.24) is 24.8 Å². The van der Waals surface area contributed by atoms with Crippen LogP contribution in [-0.2, 0) is 10.9 Å². The Bertz CT molecular complexity index is 1200. The van der Waals surface area contributed by atoms with E-state index in [4.69, 9.17) is 10.5 Å². The molecule has 4 aromatic heterocycles. The predicted octanol–water partition coefficient (Wildman–Crippen LogP) is 3.18. The van der Waals surface area contributed by atoms with Crippen LogP contribution in [0.2, 0.25) is 0 Å². The third-order valence-electron chi connectivity index (χ3n) is 3.88. The van der Waals surface area contributed by atoms with Gasteiger partial charge in [0.15, 0.2) is 17.1 Å². The molecule has 0 unspecified atom stereocenters. The first-order chi connectivity index (χ1) is 13.3. The van der Waals surface area contributed by atoms with E-state index in [2.05, 4.69) is 20.3 Å². The van der Waals surface area contributed by atoms with Crippen LogP contribution in [0.1, 0.15) is 23.0 Å². The molecule has 0 amide bonds. The summed E-state index contributed by atoms with van der Waals surface area (Å²) in [5.74, 6) is -1.13. The number of ether oxygens (including phenoxy) is 1. The molecule has 144 valence electrons. The van der Waals surface area contributed by atoms with Crippen molar-refractivity contribution in [3.63, 3.8) is 0 Å². The van der Waals surface area contributed by atoms with Crippen molar-refractivity contribution in [2.75, 3.05) is 12.3 Å². The number of aromatic nitrogens is 5. The monoisotopic (exact) mass is 408 g/mol. The van der Waals surface area contributed by atoms with Crippen LogP contribution in [0.25, 0.3) is 27.3 Å².